The number of benzene rings is 1. The molecule has 6 nitrogen and oxygen atoms in total. The fraction of sp³-hybridized carbons (Fsp3) is 0.500. The molecule has 2 heterocycles. The molecular formula is C18H19NO5. The highest BCUT2D eigenvalue weighted by Gasteiger charge is 2.86. The molecule has 0 radical (unpaired) electrons. The molecule has 1 aromatic rings. The third-order valence-electron chi connectivity index (χ3n) is 5.63. The molecule has 1 saturated carbocycles. The van der Waals surface area contributed by atoms with E-state index in [1.165, 1.54) is 0 Å². The molecule has 0 spiro atoms. The van der Waals surface area contributed by atoms with E-state index in [1.807, 2.05) is 30.3 Å². The maximum absolute atomic E-state index is 12.9. The highest BCUT2D eigenvalue weighted by atomic mass is 16.5. The molecule has 3 aliphatic rings. The van der Waals surface area contributed by atoms with Crippen LogP contribution in [0.2, 0.25) is 0 Å². The Morgan fingerprint density at radius 3 is 2.79 bits per heavy atom. The first kappa shape index (κ1) is 15.3. The SMILES string of the molecule is CCOC(=O)[C@@]12C(=O)C(=O)N[C@]1(c1ccccc1)[C@H]1OCCC[C@H]12. The number of nitrogens with one attached hydrogen (secondary N) is 1. The highest BCUT2D eigenvalue weighted by Crippen LogP contribution is 2.67. The van der Waals surface area contributed by atoms with Gasteiger partial charge in [-0.25, -0.2) is 0 Å². The highest BCUT2D eigenvalue weighted by molar-refractivity contribution is 6.46. The minimum atomic E-state index is -1.52. The lowest BCUT2D eigenvalue weighted by atomic mass is 9.43. The Kier molecular flexibility index (Phi) is 3.28. The van der Waals surface area contributed by atoms with Crippen LogP contribution in [0, 0.1) is 11.3 Å². The van der Waals surface area contributed by atoms with E-state index in [-0.39, 0.29) is 12.5 Å². The summed E-state index contributed by atoms with van der Waals surface area (Å²) in [7, 11) is 0. The van der Waals surface area contributed by atoms with Gasteiger partial charge in [-0.15, -0.1) is 0 Å². The molecule has 1 aromatic carbocycles. The average molecular weight is 329 g/mol. The molecule has 2 aliphatic heterocycles. The summed E-state index contributed by atoms with van der Waals surface area (Å²) < 4.78 is 11.2. The van der Waals surface area contributed by atoms with Crippen molar-refractivity contribution in [2.45, 2.75) is 31.4 Å². The van der Waals surface area contributed by atoms with Gasteiger partial charge in [-0.1, -0.05) is 30.3 Å². The molecule has 0 unspecified atom stereocenters. The van der Waals surface area contributed by atoms with Gasteiger partial charge in [0.2, 0.25) is 5.78 Å². The number of ether oxygens (including phenoxy) is 2. The second kappa shape index (κ2) is 5.14. The van der Waals surface area contributed by atoms with Crippen LogP contribution < -0.4 is 5.32 Å². The van der Waals surface area contributed by atoms with Gasteiger partial charge in [0, 0.05) is 12.5 Å². The average Bonchev–Trinajstić information content (AvgIpc) is 2.80. The number of hydrogen-bond acceptors (Lipinski definition) is 5. The van der Waals surface area contributed by atoms with E-state index in [0.717, 1.165) is 6.42 Å². The van der Waals surface area contributed by atoms with Crippen molar-refractivity contribution < 1.29 is 23.9 Å². The van der Waals surface area contributed by atoms with Crippen molar-refractivity contribution in [3.05, 3.63) is 35.9 Å². The third kappa shape index (κ3) is 1.52. The van der Waals surface area contributed by atoms with Gasteiger partial charge < -0.3 is 14.8 Å². The quantitative estimate of drug-likeness (QED) is 0.507. The minimum Gasteiger partial charge on any atom is -0.465 e. The first-order valence-electron chi connectivity index (χ1n) is 8.32. The van der Waals surface area contributed by atoms with Crippen LogP contribution in [0.5, 0.6) is 0 Å². The number of esters is 1. The molecule has 0 aromatic heterocycles. The van der Waals surface area contributed by atoms with E-state index >= 15 is 0 Å². The molecule has 4 rings (SSSR count). The topological polar surface area (TPSA) is 81.7 Å². The fourth-order valence-corrected chi connectivity index (χ4v) is 4.82. The smallest absolute Gasteiger partial charge is 0.323 e. The summed E-state index contributed by atoms with van der Waals surface area (Å²) in [6.07, 6.45) is 1.03. The summed E-state index contributed by atoms with van der Waals surface area (Å²) in [6, 6.07) is 9.14. The molecular weight excluding hydrogens is 310 g/mol. The Balaban J connectivity index is 1.94. The number of Topliss-reactive ketones (excluding diaryl/α,β-unsaturated/α-hetero) is 1. The Morgan fingerprint density at radius 1 is 1.33 bits per heavy atom. The lowest BCUT2D eigenvalue weighted by molar-refractivity contribution is -0.241. The first-order valence-corrected chi connectivity index (χ1v) is 8.32. The summed E-state index contributed by atoms with van der Waals surface area (Å²) in [4.78, 5) is 38.1. The first-order chi connectivity index (χ1) is 11.6. The van der Waals surface area contributed by atoms with Crippen molar-refractivity contribution in [1.29, 1.82) is 0 Å². The van der Waals surface area contributed by atoms with Gasteiger partial charge in [-0.3, -0.25) is 14.4 Å². The number of carbonyl (C=O) groups excluding carboxylic acids is 3. The second-order valence-corrected chi connectivity index (χ2v) is 6.53. The van der Waals surface area contributed by atoms with E-state index in [0.29, 0.717) is 18.6 Å². The van der Waals surface area contributed by atoms with Crippen LogP contribution in [0.4, 0.5) is 0 Å². The summed E-state index contributed by atoms with van der Waals surface area (Å²) in [6.45, 7) is 2.41. The van der Waals surface area contributed by atoms with Gasteiger partial charge >= 0.3 is 5.97 Å². The van der Waals surface area contributed by atoms with Crippen molar-refractivity contribution in [2.75, 3.05) is 13.2 Å². The molecule has 1 aliphatic carbocycles. The Bertz CT molecular complexity index is 717. The molecule has 3 fully saturated rings. The number of amides is 1. The normalized spacial score (nSPS) is 37.0. The molecule has 24 heavy (non-hydrogen) atoms. The van der Waals surface area contributed by atoms with Crippen LogP contribution in [0.1, 0.15) is 25.3 Å². The number of fused-ring (bicyclic) bond motifs is 4. The van der Waals surface area contributed by atoms with Gasteiger partial charge in [0.15, 0.2) is 5.41 Å². The molecule has 1 N–H and O–H groups in total. The van der Waals surface area contributed by atoms with Gasteiger partial charge in [0.25, 0.3) is 5.91 Å². The zero-order valence-corrected chi connectivity index (χ0v) is 13.4. The molecule has 4 atom stereocenters. The van der Waals surface area contributed by atoms with Gasteiger partial charge in [-0.05, 0) is 25.3 Å². The number of rotatable bonds is 3. The predicted molar refractivity (Wildman–Crippen MR) is 82.8 cm³/mol. The molecule has 0 bridgehead atoms. The maximum Gasteiger partial charge on any atom is 0.323 e. The summed E-state index contributed by atoms with van der Waals surface area (Å²) >= 11 is 0. The molecule has 1 amide bonds. The Hall–Kier alpha value is -2.21. The van der Waals surface area contributed by atoms with Gasteiger partial charge in [0.05, 0.1) is 12.7 Å². The van der Waals surface area contributed by atoms with E-state index in [4.69, 9.17) is 9.47 Å². The van der Waals surface area contributed by atoms with Crippen LogP contribution in [-0.2, 0) is 29.4 Å². The summed E-state index contributed by atoms with van der Waals surface area (Å²) in [5.41, 5.74) is -1.98. The van der Waals surface area contributed by atoms with Crippen LogP contribution in [-0.4, -0.2) is 37.0 Å². The van der Waals surface area contributed by atoms with E-state index < -0.39 is 34.7 Å². The summed E-state index contributed by atoms with van der Waals surface area (Å²) in [5, 5.41) is 2.80. The number of ketones is 1. The van der Waals surface area contributed by atoms with Crippen molar-refractivity contribution >= 4 is 17.7 Å². The third-order valence-corrected chi connectivity index (χ3v) is 5.63. The lowest BCUT2D eigenvalue weighted by Crippen LogP contribution is -2.79. The lowest BCUT2D eigenvalue weighted by Gasteiger charge is -2.63. The predicted octanol–water partition coefficient (Wildman–Crippen LogP) is 0.939. The number of hydrogen-bond donors (Lipinski definition) is 1. The fourth-order valence-electron chi connectivity index (χ4n) is 4.82. The molecule has 2 saturated heterocycles. The minimum absolute atomic E-state index is 0.158. The van der Waals surface area contributed by atoms with E-state index in [2.05, 4.69) is 5.32 Å². The zero-order chi connectivity index (χ0) is 16.9. The maximum atomic E-state index is 12.9. The Labute approximate surface area is 139 Å². The number of carbonyl (C=O) groups is 3. The standard InChI is InChI=1S/C18H19NO5/c1-2-23-16(22)17-12-9-6-10-24-14(12)18(17,19-15(21)13(17)20)11-7-4-3-5-8-11/h3-5,7-8,12,14H,2,6,9-10H2,1H3,(H,19,21)/t12-,14+,17-,18-/m1/s1. The van der Waals surface area contributed by atoms with Crippen molar-refractivity contribution in [3.8, 4) is 0 Å². The van der Waals surface area contributed by atoms with Crippen LogP contribution in [0.3, 0.4) is 0 Å². The molecule has 6 heteroatoms. The van der Waals surface area contributed by atoms with Crippen molar-refractivity contribution in [2.24, 2.45) is 11.3 Å². The van der Waals surface area contributed by atoms with Crippen LogP contribution in [0.15, 0.2) is 30.3 Å². The Morgan fingerprint density at radius 2 is 2.08 bits per heavy atom. The van der Waals surface area contributed by atoms with E-state index in [1.54, 1.807) is 6.92 Å². The van der Waals surface area contributed by atoms with E-state index in [9.17, 15) is 14.4 Å². The monoisotopic (exact) mass is 329 g/mol. The van der Waals surface area contributed by atoms with Crippen LogP contribution >= 0.6 is 0 Å². The zero-order valence-electron chi connectivity index (χ0n) is 13.4. The second-order valence-electron chi connectivity index (χ2n) is 6.53. The van der Waals surface area contributed by atoms with Gasteiger partial charge in [0.1, 0.15) is 5.54 Å². The van der Waals surface area contributed by atoms with Crippen molar-refractivity contribution in [3.63, 3.8) is 0 Å². The largest absolute Gasteiger partial charge is 0.465 e. The van der Waals surface area contributed by atoms with Gasteiger partial charge in [-0.2, -0.15) is 0 Å². The van der Waals surface area contributed by atoms with Crippen molar-refractivity contribution in [1.82, 2.24) is 5.32 Å². The summed E-state index contributed by atoms with van der Waals surface area (Å²) in [5.74, 6) is -2.39. The molecule has 126 valence electrons. The van der Waals surface area contributed by atoms with Crippen LogP contribution in [0.25, 0.3) is 0 Å².